The number of methoxy groups -OCH3 is 1. The van der Waals surface area contributed by atoms with Gasteiger partial charge in [-0.25, -0.2) is 0 Å². The predicted molar refractivity (Wildman–Crippen MR) is 55.1 cm³/mol. The first kappa shape index (κ1) is 11.4. The molecule has 0 bridgehead atoms. The van der Waals surface area contributed by atoms with Crippen molar-refractivity contribution in [2.24, 2.45) is 0 Å². The molecule has 0 aliphatic heterocycles. The van der Waals surface area contributed by atoms with E-state index in [1.165, 1.54) is 19.4 Å². The summed E-state index contributed by atoms with van der Waals surface area (Å²) in [6, 6.07) is 6.20. The number of alkyl halides is 2. The third-order valence-corrected chi connectivity index (χ3v) is 2.11. The highest BCUT2D eigenvalue weighted by Gasteiger charge is 2.12. The Hall–Kier alpha value is -2.11. The minimum absolute atomic E-state index is 0.0188. The van der Waals surface area contributed by atoms with Gasteiger partial charge >= 0.3 is 6.61 Å². The Morgan fingerprint density at radius 2 is 2.06 bits per heavy atom. The maximum Gasteiger partial charge on any atom is 0.387 e. The van der Waals surface area contributed by atoms with E-state index >= 15 is 0 Å². The summed E-state index contributed by atoms with van der Waals surface area (Å²) in [5.41, 5.74) is 1.28. The number of halogens is 2. The predicted octanol–water partition coefficient (Wildman–Crippen LogP) is 2.95. The standard InChI is InChI=1S/C11H9F2NO3/c1-15-10-6-7(8-4-5-16-14-8)2-3-9(10)17-11(12)13/h2-6,11H,1H3. The van der Waals surface area contributed by atoms with Crippen molar-refractivity contribution in [3.8, 4) is 22.8 Å². The van der Waals surface area contributed by atoms with Crippen molar-refractivity contribution in [2.75, 3.05) is 7.11 Å². The monoisotopic (exact) mass is 241 g/mol. The smallest absolute Gasteiger partial charge is 0.387 e. The fraction of sp³-hybridized carbons (Fsp3) is 0.182. The van der Waals surface area contributed by atoms with Crippen molar-refractivity contribution >= 4 is 0 Å². The summed E-state index contributed by atoms with van der Waals surface area (Å²) in [6.45, 7) is -2.89. The van der Waals surface area contributed by atoms with Crippen molar-refractivity contribution in [3.63, 3.8) is 0 Å². The molecule has 90 valence electrons. The maximum absolute atomic E-state index is 12.1. The van der Waals surface area contributed by atoms with Crippen LogP contribution in [0.5, 0.6) is 11.5 Å². The highest BCUT2D eigenvalue weighted by atomic mass is 19.3. The molecule has 0 aliphatic rings. The Bertz CT molecular complexity index is 485. The van der Waals surface area contributed by atoms with Gasteiger partial charge in [0.25, 0.3) is 0 Å². The summed E-state index contributed by atoms with van der Waals surface area (Å²) < 4.78 is 38.2. The zero-order valence-corrected chi connectivity index (χ0v) is 8.89. The summed E-state index contributed by atoms with van der Waals surface area (Å²) in [5, 5.41) is 3.73. The molecule has 0 fully saturated rings. The molecular weight excluding hydrogens is 232 g/mol. The lowest BCUT2D eigenvalue weighted by Crippen LogP contribution is -2.03. The van der Waals surface area contributed by atoms with Gasteiger partial charge in [0.1, 0.15) is 12.0 Å². The molecule has 2 aromatic rings. The third-order valence-electron chi connectivity index (χ3n) is 2.11. The van der Waals surface area contributed by atoms with Crippen LogP contribution in [-0.4, -0.2) is 18.9 Å². The SMILES string of the molecule is COc1cc(-c2ccon2)ccc1OC(F)F. The number of benzene rings is 1. The Morgan fingerprint density at radius 3 is 2.65 bits per heavy atom. The van der Waals surface area contributed by atoms with Crippen molar-refractivity contribution in [2.45, 2.75) is 6.61 Å². The second-order valence-electron chi connectivity index (χ2n) is 3.13. The van der Waals surface area contributed by atoms with Crippen LogP contribution in [0.3, 0.4) is 0 Å². The van der Waals surface area contributed by atoms with E-state index in [4.69, 9.17) is 9.26 Å². The van der Waals surface area contributed by atoms with Crippen molar-refractivity contribution < 1.29 is 22.8 Å². The molecule has 0 aliphatic carbocycles. The van der Waals surface area contributed by atoms with Crippen LogP contribution < -0.4 is 9.47 Å². The molecule has 0 radical (unpaired) electrons. The number of nitrogens with zero attached hydrogens (tertiary/aromatic N) is 1. The number of aromatic nitrogens is 1. The second kappa shape index (κ2) is 4.82. The van der Waals surface area contributed by atoms with E-state index < -0.39 is 6.61 Å². The van der Waals surface area contributed by atoms with Crippen LogP contribution in [0.2, 0.25) is 0 Å². The van der Waals surface area contributed by atoms with Crippen LogP contribution in [0.1, 0.15) is 0 Å². The van der Waals surface area contributed by atoms with E-state index in [1.54, 1.807) is 18.2 Å². The average Bonchev–Trinajstić information content (AvgIpc) is 2.82. The van der Waals surface area contributed by atoms with E-state index in [9.17, 15) is 8.78 Å². The Balaban J connectivity index is 2.34. The molecule has 0 spiro atoms. The first-order valence-electron chi connectivity index (χ1n) is 4.74. The topological polar surface area (TPSA) is 44.5 Å². The zero-order chi connectivity index (χ0) is 12.3. The van der Waals surface area contributed by atoms with Crippen LogP contribution in [0.4, 0.5) is 8.78 Å². The van der Waals surface area contributed by atoms with Crippen molar-refractivity contribution in [1.82, 2.24) is 5.16 Å². The van der Waals surface area contributed by atoms with E-state index in [-0.39, 0.29) is 11.5 Å². The van der Waals surface area contributed by atoms with Gasteiger partial charge in [-0.1, -0.05) is 5.16 Å². The molecule has 1 aromatic carbocycles. The lowest BCUT2D eigenvalue weighted by atomic mass is 10.1. The minimum atomic E-state index is -2.89. The molecule has 0 saturated carbocycles. The van der Waals surface area contributed by atoms with E-state index in [0.717, 1.165) is 0 Å². The average molecular weight is 241 g/mol. The molecule has 0 saturated heterocycles. The summed E-state index contributed by atoms with van der Waals surface area (Å²) in [4.78, 5) is 0. The molecule has 4 nitrogen and oxygen atoms in total. The fourth-order valence-electron chi connectivity index (χ4n) is 1.38. The third kappa shape index (κ3) is 2.52. The lowest BCUT2D eigenvalue weighted by molar-refractivity contribution is -0.0512. The summed E-state index contributed by atoms with van der Waals surface area (Å²) >= 11 is 0. The van der Waals surface area contributed by atoms with Gasteiger partial charge in [0, 0.05) is 11.6 Å². The van der Waals surface area contributed by atoms with Crippen LogP contribution >= 0.6 is 0 Å². The van der Waals surface area contributed by atoms with Crippen molar-refractivity contribution in [1.29, 1.82) is 0 Å². The summed E-state index contributed by atoms with van der Waals surface area (Å²) in [5.74, 6) is 0.195. The van der Waals surface area contributed by atoms with Crippen LogP contribution in [-0.2, 0) is 0 Å². The normalized spacial score (nSPS) is 10.6. The van der Waals surface area contributed by atoms with Gasteiger partial charge in [-0.2, -0.15) is 8.78 Å². The van der Waals surface area contributed by atoms with Gasteiger partial charge in [-0.05, 0) is 18.2 Å². The number of hydrogen-bond acceptors (Lipinski definition) is 4. The van der Waals surface area contributed by atoms with Gasteiger partial charge in [-0.3, -0.25) is 0 Å². The summed E-state index contributed by atoms with van der Waals surface area (Å²) in [6.07, 6.45) is 1.42. The first-order valence-corrected chi connectivity index (χ1v) is 4.74. The lowest BCUT2D eigenvalue weighted by Gasteiger charge is -2.10. The Kier molecular flexibility index (Phi) is 3.22. The van der Waals surface area contributed by atoms with Gasteiger partial charge in [0.2, 0.25) is 0 Å². The largest absolute Gasteiger partial charge is 0.493 e. The molecule has 6 heteroatoms. The number of ether oxygens (including phenoxy) is 2. The molecule has 1 aromatic heterocycles. The van der Waals surface area contributed by atoms with E-state index in [1.807, 2.05) is 0 Å². The highest BCUT2D eigenvalue weighted by Crippen LogP contribution is 2.32. The second-order valence-corrected chi connectivity index (χ2v) is 3.13. The number of rotatable bonds is 4. The van der Waals surface area contributed by atoms with Crippen LogP contribution in [0, 0.1) is 0 Å². The quantitative estimate of drug-likeness (QED) is 0.825. The highest BCUT2D eigenvalue weighted by molar-refractivity contribution is 5.63. The van der Waals surface area contributed by atoms with E-state index in [0.29, 0.717) is 11.3 Å². The number of hydrogen-bond donors (Lipinski definition) is 0. The van der Waals surface area contributed by atoms with Gasteiger partial charge in [-0.15, -0.1) is 0 Å². The maximum atomic E-state index is 12.1. The van der Waals surface area contributed by atoms with E-state index in [2.05, 4.69) is 9.89 Å². The molecule has 0 unspecified atom stereocenters. The first-order chi connectivity index (χ1) is 8.20. The molecule has 0 N–H and O–H groups in total. The van der Waals surface area contributed by atoms with Crippen LogP contribution in [0.15, 0.2) is 35.1 Å². The molecule has 2 rings (SSSR count). The Labute approximate surface area is 95.7 Å². The minimum Gasteiger partial charge on any atom is -0.493 e. The van der Waals surface area contributed by atoms with Crippen molar-refractivity contribution in [3.05, 3.63) is 30.5 Å². The molecular formula is C11H9F2NO3. The Morgan fingerprint density at radius 1 is 1.24 bits per heavy atom. The molecule has 0 atom stereocenters. The fourth-order valence-corrected chi connectivity index (χ4v) is 1.38. The zero-order valence-electron chi connectivity index (χ0n) is 8.89. The van der Waals surface area contributed by atoms with Gasteiger partial charge in [0.15, 0.2) is 11.5 Å². The summed E-state index contributed by atoms with van der Waals surface area (Å²) in [7, 11) is 1.38. The van der Waals surface area contributed by atoms with Gasteiger partial charge in [0.05, 0.1) is 7.11 Å². The van der Waals surface area contributed by atoms with Crippen LogP contribution in [0.25, 0.3) is 11.3 Å². The molecule has 0 amide bonds. The molecule has 1 heterocycles. The van der Waals surface area contributed by atoms with Gasteiger partial charge < -0.3 is 14.0 Å². The molecule has 17 heavy (non-hydrogen) atoms.